The van der Waals surface area contributed by atoms with E-state index in [0.29, 0.717) is 17.2 Å². The summed E-state index contributed by atoms with van der Waals surface area (Å²) in [6.45, 7) is 4.00. The largest absolute Gasteiger partial charge is 0.455 e. The number of nitrogens with two attached hydrogens (primary N) is 1. The molecule has 0 spiro atoms. The monoisotopic (exact) mass is 359 g/mol. The van der Waals surface area contributed by atoms with Crippen LogP contribution in [0.15, 0.2) is 59.4 Å². The van der Waals surface area contributed by atoms with Gasteiger partial charge in [0, 0.05) is 18.0 Å². The molecule has 0 aliphatic carbocycles. The highest BCUT2D eigenvalue weighted by atomic mass is 16.5. The quantitative estimate of drug-likeness (QED) is 0.583. The summed E-state index contributed by atoms with van der Waals surface area (Å²) in [4.78, 5) is 8.18. The van der Waals surface area contributed by atoms with Crippen molar-refractivity contribution in [3.63, 3.8) is 0 Å². The summed E-state index contributed by atoms with van der Waals surface area (Å²) in [5.41, 5.74) is 9.44. The summed E-state index contributed by atoms with van der Waals surface area (Å²) in [6, 6.07) is 11.3. The minimum absolute atomic E-state index is 0.276. The van der Waals surface area contributed by atoms with E-state index < -0.39 is 0 Å². The molecule has 0 aliphatic heterocycles. The molecule has 3 heterocycles. The molecule has 7 heteroatoms. The molecule has 4 aromatic rings. The number of rotatable bonds is 4. The van der Waals surface area contributed by atoms with Crippen LogP contribution < -0.4 is 10.5 Å². The van der Waals surface area contributed by atoms with Gasteiger partial charge in [-0.05, 0) is 49.2 Å². The van der Waals surface area contributed by atoms with Crippen LogP contribution in [0.4, 0.5) is 5.82 Å². The molecule has 0 saturated heterocycles. The topological polar surface area (TPSA) is 100.0 Å². The Bertz CT molecular complexity index is 1090. The first-order valence-corrected chi connectivity index (χ1v) is 8.35. The molecular formula is C20H17N5O2. The maximum absolute atomic E-state index is 6.01. The molecule has 134 valence electrons. The van der Waals surface area contributed by atoms with Crippen molar-refractivity contribution >= 4 is 5.82 Å². The number of pyridine rings is 2. The number of ether oxygens (including phenoxy) is 1. The smallest absolute Gasteiger partial charge is 0.252 e. The Morgan fingerprint density at radius 1 is 0.963 bits per heavy atom. The average molecular weight is 359 g/mol. The van der Waals surface area contributed by atoms with Crippen molar-refractivity contribution in [3.05, 3.63) is 66.1 Å². The molecule has 2 N–H and O–H groups in total. The van der Waals surface area contributed by atoms with Gasteiger partial charge in [-0.1, -0.05) is 12.1 Å². The summed E-state index contributed by atoms with van der Waals surface area (Å²) >= 11 is 0. The van der Waals surface area contributed by atoms with Crippen LogP contribution in [-0.4, -0.2) is 20.2 Å². The van der Waals surface area contributed by atoms with Crippen LogP contribution >= 0.6 is 0 Å². The third kappa shape index (κ3) is 3.48. The minimum Gasteiger partial charge on any atom is -0.455 e. The number of hydrogen-bond acceptors (Lipinski definition) is 7. The van der Waals surface area contributed by atoms with Crippen molar-refractivity contribution in [1.29, 1.82) is 0 Å². The fraction of sp³-hybridized carbons (Fsp3) is 0.100. The van der Waals surface area contributed by atoms with E-state index in [-0.39, 0.29) is 11.7 Å². The number of hydrogen-bond donors (Lipinski definition) is 1. The molecule has 0 bridgehead atoms. The summed E-state index contributed by atoms with van der Waals surface area (Å²) in [6.07, 6.45) is 4.89. The molecule has 0 aliphatic rings. The van der Waals surface area contributed by atoms with E-state index in [1.165, 1.54) is 0 Å². The van der Waals surface area contributed by atoms with E-state index in [9.17, 15) is 0 Å². The van der Waals surface area contributed by atoms with E-state index in [1.54, 1.807) is 36.8 Å². The molecule has 0 radical (unpaired) electrons. The molecule has 1 aromatic carbocycles. The lowest BCUT2D eigenvalue weighted by Crippen LogP contribution is -1.96. The fourth-order valence-electron chi connectivity index (χ4n) is 2.57. The van der Waals surface area contributed by atoms with Gasteiger partial charge in [0.05, 0.1) is 11.8 Å². The van der Waals surface area contributed by atoms with Crippen molar-refractivity contribution in [2.45, 2.75) is 13.8 Å². The Labute approximate surface area is 155 Å². The molecule has 27 heavy (non-hydrogen) atoms. The van der Waals surface area contributed by atoms with Crippen molar-refractivity contribution < 1.29 is 9.15 Å². The van der Waals surface area contributed by atoms with Gasteiger partial charge in [-0.2, -0.15) is 0 Å². The lowest BCUT2D eigenvalue weighted by Gasteiger charge is -2.10. The predicted molar refractivity (Wildman–Crippen MR) is 101 cm³/mol. The molecule has 4 rings (SSSR count). The van der Waals surface area contributed by atoms with Crippen molar-refractivity contribution in [2.75, 3.05) is 5.73 Å². The first-order valence-electron chi connectivity index (χ1n) is 8.35. The van der Waals surface area contributed by atoms with Crippen LogP contribution in [0.25, 0.3) is 22.9 Å². The molecule has 0 unspecified atom stereocenters. The van der Waals surface area contributed by atoms with Crippen LogP contribution in [0.3, 0.4) is 0 Å². The highest BCUT2D eigenvalue weighted by Gasteiger charge is 2.15. The number of aryl methyl sites for hydroxylation is 2. The molecule has 7 nitrogen and oxygen atoms in total. The molecule has 0 saturated carbocycles. The van der Waals surface area contributed by atoms with Gasteiger partial charge in [0.1, 0.15) is 17.3 Å². The van der Waals surface area contributed by atoms with Crippen LogP contribution in [-0.2, 0) is 0 Å². The van der Waals surface area contributed by atoms with E-state index >= 15 is 0 Å². The van der Waals surface area contributed by atoms with Gasteiger partial charge < -0.3 is 14.9 Å². The maximum atomic E-state index is 6.01. The van der Waals surface area contributed by atoms with E-state index in [1.807, 2.05) is 32.0 Å². The molecule has 3 aromatic heterocycles. The average Bonchev–Trinajstić information content (AvgIpc) is 3.17. The first-order chi connectivity index (χ1) is 13.1. The highest BCUT2D eigenvalue weighted by Crippen LogP contribution is 2.32. The number of benzene rings is 1. The zero-order valence-electron chi connectivity index (χ0n) is 14.9. The normalized spacial score (nSPS) is 10.7. The lowest BCUT2D eigenvalue weighted by atomic mass is 10.1. The zero-order chi connectivity index (χ0) is 18.8. The van der Waals surface area contributed by atoms with Gasteiger partial charge in [0.15, 0.2) is 0 Å². The van der Waals surface area contributed by atoms with Crippen LogP contribution in [0.5, 0.6) is 11.5 Å². The number of aromatic nitrogens is 4. The minimum atomic E-state index is 0.276. The molecule has 0 amide bonds. The molecular weight excluding hydrogens is 342 g/mol. The number of nitrogen functional groups attached to an aromatic ring is 1. The van der Waals surface area contributed by atoms with Crippen LogP contribution in [0.2, 0.25) is 0 Å². The Hall–Kier alpha value is -3.74. The van der Waals surface area contributed by atoms with E-state index in [4.69, 9.17) is 14.9 Å². The zero-order valence-corrected chi connectivity index (χ0v) is 14.9. The standard InChI is InChI=1S/C20H17N5O2/c1-12-3-4-13(2)17(9-12)26-15-10-16(18(21)23-11-15)20-25-24-19(27-20)14-5-7-22-8-6-14/h3-11H,1-2H3,(H2,21,23). The second kappa shape index (κ2) is 6.87. The summed E-state index contributed by atoms with van der Waals surface area (Å²) < 4.78 is 11.7. The maximum Gasteiger partial charge on any atom is 0.252 e. The van der Waals surface area contributed by atoms with Crippen molar-refractivity contribution in [1.82, 2.24) is 20.2 Å². The summed E-state index contributed by atoms with van der Waals surface area (Å²) in [7, 11) is 0. The second-order valence-corrected chi connectivity index (χ2v) is 6.12. The van der Waals surface area contributed by atoms with Gasteiger partial charge in [-0.3, -0.25) is 4.98 Å². The van der Waals surface area contributed by atoms with Gasteiger partial charge >= 0.3 is 0 Å². The molecule has 0 atom stereocenters. The van der Waals surface area contributed by atoms with E-state index in [2.05, 4.69) is 20.2 Å². The Morgan fingerprint density at radius 2 is 1.74 bits per heavy atom. The van der Waals surface area contributed by atoms with Gasteiger partial charge in [-0.25, -0.2) is 4.98 Å². The predicted octanol–water partition coefficient (Wildman–Crippen LogP) is 4.18. The van der Waals surface area contributed by atoms with Gasteiger partial charge in [0.25, 0.3) is 5.89 Å². The summed E-state index contributed by atoms with van der Waals surface area (Å²) in [5, 5.41) is 8.17. The Morgan fingerprint density at radius 3 is 2.56 bits per heavy atom. The fourth-order valence-corrected chi connectivity index (χ4v) is 2.57. The number of nitrogens with zero attached hydrogens (tertiary/aromatic N) is 4. The first kappa shape index (κ1) is 16.7. The van der Waals surface area contributed by atoms with Crippen LogP contribution in [0, 0.1) is 13.8 Å². The number of anilines is 1. The lowest BCUT2D eigenvalue weighted by molar-refractivity contribution is 0.476. The molecule has 0 fully saturated rings. The Kier molecular flexibility index (Phi) is 4.25. The van der Waals surface area contributed by atoms with Gasteiger partial charge in [0.2, 0.25) is 5.89 Å². The van der Waals surface area contributed by atoms with Gasteiger partial charge in [-0.15, -0.1) is 10.2 Å². The summed E-state index contributed by atoms with van der Waals surface area (Å²) in [5.74, 6) is 2.24. The van der Waals surface area contributed by atoms with E-state index in [0.717, 1.165) is 22.4 Å². The van der Waals surface area contributed by atoms with Crippen molar-refractivity contribution in [3.8, 4) is 34.4 Å². The Balaban J connectivity index is 1.67. The SMILES string of the molecule is Cc1ccc(C)c(Oc2cnc(N)c(-c3nnc(-c4ccncc4)o3)c2)c1. The third-order valence-corrected chi connectivity index (χ3v) is 4.05. The van der Waals surface area contributed by atoms with Crippen molar-refractivity contribution in [2.24, 2.45) is 0 Å². The second-order valence-electron chi connectivity index (χ2n) is 6.12. The highest BCUT2D eigenvalue weighted by molar-refractivity contribution is 5.69. The van der Waals surface area contributed by atoms with Crippen LogP contribution in [0.1, 0.15) is 11.1 Å². The third-order valence-electron chi connectivity index (χ3n) is 4.05.